The second-order valence-electron chi connectivity index (χ2n) is 6.23. The quantitative estimate of drug-likeness (QED) is 0.423. The number of rotatable bonds is 8. The molecule has 0 bridgehead atoms. The van der Waals surface area contributed by atoms with Gasteiger partial charge >= 0.3 is 5.97 Å². The lowest BCUT2D eigenvalue weighted by Gasteiger charge is -2.21. The number of amides is 3. The van der Waals surface area contributed by atoms with Crippen LogP contribution in [0.1, 0.15) is 48.0 Å². The van der Waals surface area contributed by atoms with Crippen LogP contribution in [0.15, 0.2) is 0 Å². The van der Waals surface area contributed by atoms with Gasteiger partial charge < -0.3 is 21.1 Å². The molecule has 10 nitrogen and oxygen atoms in total. The van der Waals surface area contributed by atoms with Crippen molar-refractivity contribution in [2.75, 3.05) is 25.1 Å². The average molecular weight is 426 g/mol. The van der Waals surface area contributed by atoms with Crippen molar-refractivity contribution in [3.63, 3.8) is 0 Å². The molecule has 1 atom stereocenters. The summed E-state index contributed by atoms with van der Waals surface area (Å²) in [4.78, 5) is 44.2. The molecule has 0 saturated heterocycles. The molecule has 0 aliphatic heterocycles. The fourth-order valence-corrected chi connectivity index (χ4v) is 1.24. The molecule has 1 unspecified atom stereocenters. The minimum Gasteiger partial charge on any atom is -0.480 e. The minimum absolute atomic E-state index is 0.213. The molecule has 0 rings (SSSR count). The molecule has 0 aromatic rings. The van der Waals surface area contributed by atoms with Crippen molar-refractivity contribution >= 4 is 33.5 Å². The van der Waals surface area contributed by atoms with Gasteiger partial charge in [-0.05, 0) is 5.92 Å². The normalized spacial score (nSPS) is 11.0. The summed E-state index contributed by atoms with van der Waals surface area (Å²) in [5.41, 5.74) is 0. The molecular formula is C17H35N3O7S. The van der Waals surface area contributed by atoms with Crippen molar-refractivity contribution < 1.29 is 32.7 Å². The van der Waals surface area contributed by atoms with Crippen molar-refractivity contribution in [1.82, 2.24) is 16.0 Å². The van der Waals surface area contributed by atoms with Gasteiger partial charge in [0.1, 0.15) is 22.4 Å². The Morgan fingerprint density at radius 2 is 1.39 bits per heavy atom. The first-order valence-corrected chi connectivity index (χ1v) is 11.0. The molecular weight excluding hydrogens is 390 g/mol. The number of hydrogen-bond acceptors (Lipinski definition) is 6. The number of carboxylic acids is 1. The van der Waals surface area contributed by atoms with Gasteiger partial charge in [-0.3, -0.25) is 19.2 Å². The minimum atomic E-state index is -2.66. The molecule has 28 heavy (non-hydrogen) atoms. The Hall–Kier alpha value is -2.17. The van der Waals surface area contributed by atoms with E-state index in [0.29, 0.717) is 0 Å². The van der Waals surface area contributed by atoms with Crippen LogP contribution in [0, 0.1) is 5.92 Å². The van der Waals surface area contributed by atoms with Crippen LogP contribution in [0.5, 0.6) is 0 Å². The first kappa shape index (κ1) is 30.6. The molecule has 4 N–H and O–H groups in total. The van der Waals surface area contributed by atoms with E-state index in [4.69, 9.17) is 5.11 Å². The van der Waals surface area contributed by atoms with Crippen molar-refractivity contribution in [1.29, 1.82) is 0 Å². The first-order valence-electron chi connectivity index (χ1n) is 8.92. The van der Waals surface area contributed by atoms with E-state index in [2.05, 4.69) is 29.8 Å². The third kappa shape index (κ3) is 23.8. The first-order chi connectivity index (χ1) is 12.7. The van der Waals surface area contributed by atoms with Gasteiger partial charge in [-0.25, -0.2) is 8.42 Å². The lowest BCUT2D eigenvalue weighted by molar-refractivity contribution is -0.138. The van der Waals surface area contributed by atoms with E-state index >= 15 is 0 Å². The molecule has 11 heteroatoms. The SMILES string of the molecule is CC(=O)NCC(=O)NC(C(=O)NCC(=O)O)C(C)C.CCC.CCS(C)(=O)=O. The average Bonchev–Trinajstić information content (AvgIpc) is 2.56. The van der Waals surface area contributed by atoms with Crippen LogP contribution in [0.3, 0.4) is 0 Å². The second-order valence-corrected chi connectivity index (χ2v) is 8.66. The van der Waals surface area contributed by atoms with Gasteiger partial charge in [0.2, 0.25) is 17.7 Å². The number of carbonyl (C=O) groups excluding carboxylic acids is 3. The Balaban J connectivity index is -0.000000577. The third-order valence-corrected chi connectivity index (χ3v) is 3.75. The van der Waals surface area contributed by atoms with Gasteiger partial charge in [-0.15, -0.1) is 0 Å². The lowest BCUT2D eigenvalue weighted by Crippen LogP contribution is -2.52. The Kier molecular flexibility index (Phi) is 18.5. The van der Waals surface area contributed by atoms with E-state index in [1.54, 1.807) is 20.8 Å². The molecule has 0 spiro atoms. The summed E-state index contributed by atoms with van der Waals surface area (Å²) in [5, 5.41) is 15.4. The van der Waals surface area contributed by atoms with Crippen LogP contribution < -0.4 is 16.0 Å². The monoisotopic (exact) mass is 425 g/mol. The van der Waals surface area contributed by atoms with Crippen LogP contribution >= 0.6 is 0 Å². The number of sulfone groups is 1. The molecule has 0 radical (unpaired) electrons. The Morgan fingerprint density at radius 1 is 0.964 bits per heavy atom. The van der Waals surface area contributed by atoms with E-state index in [1.165, 1.54) is 19.6 Å². The van der Waals surface area contributed by atoms with E-state index in [9.17, 15) is 27.6 Å². The molecule has 0 aromatic carbocycles. The molecule has 0 aliphatic carbocycles. The highest BCUT2D eigenvalue weighted by Crippen LogP contribution is 2.01. The van der Waals surface area contributed by atoms with Gasteiger partial charge in [0.15, 0.2) is 0 Å². The number of aliphatic carboxylic acids is 1. The van der Waals surface area contributed by atoms with Gasteiger partial charge in [0.25, 0.3) is 0 Å². The van der Waals surface area contributed by atoms with Gasteiger partial charge in [-0.2, -0.15) is 0 Å². The van der Waals surface area contributed by atoms with Crippen LogP contribution in [0.25, 0.3) is 0 Å². The fourth-order valence-electron chi connectivity index (χ4n) is 1.24. The maximum atomic E-state index is 11.7. The molecule has 0 fully saturated rings. The van der Waals surface area contributed by atoms with Gasteiger partial charge in [0.05, 0.1) is 6.54 Å². The molecule has 3 amide bonds. The van der Waals surface area contributed by atoms with Crippen molar-refractivity contribution in [2.24, 2.45) is 5.92 Å². The van der Waals surface area contributed by atoms with E-state index in [1.807, 2.05) is 0 Å². The van der Waals surface area contributed by atoms with Crippen molar-refractivity contribution in [3.8, 4) is 0 Å². The summed E-state index contributed by atoms with van der Waals surface area (Å²) in [7, 11) is -2.66. The van der Waals surface area contributed by atoms with E-state index in [0.717, 1.165) is 0 Å². The summed E-state index contributed by atoms with van der Waals surface area (Å²) < 4.78 is 20.0. The van der Waals surface area contributed by atoms with E-state index in [-0.39, 0.29) is 24.1 Å². The smallest absolute Gasteiger partial charge is 0.322 e. The Labute approximate surface area is 167 Å². The third-order valence-electron chi connectivity index (χ3n) is 2.70. The zero-order valence-electron chi connectivity index (χ0n) is 17.8. The van der Waals surface area contributed by atoms with Gasteiger partial charge in [0, 0.05) is 18.9 Å². The Morgan fingerprint density at radius 3 is 1.68 bits per heavy atom. The summed E-state index contributed by atoms with van der Waals surface area (Å²) in [6.07, 6.45) is 2.47. The largest absolute Gasteiger partial charge is 0.480 e. The molecule has 0 aliphatic rings. The summed E-state index contributed by atoms with van der Waals surface area (Å²) in [5.74, 6) is -2.58. The highest BCUT2D eigenvalue weighted by atomic mass is 32.2. The highest BCUT2D eigenvalue weighted by Gasteiger charge is 2.24. The van der Waals surface area contributed by atoms with E-state index < -0.39 is 40.2 Å². The maximum absolute atomic E-state index is 11.7. The molecule has 166 valence electrons. The molecule has 0 heterocycles. The van der Waals surface area contributed by atoms with Crippen LogP contribution in [0.4, 0.5) is 0 Å². The van der Waals surface area contributed by atoms with Crippen LogP contribution in [-0.2, 0) is 29.0 Å². The zero-order valence-corrected chi connectivity index (χ0v) is 18.6. The number of nitrogens with one attached hydrogen (secondary N) is 3. The van der Waals surface area contributed by atoms with Gasteiger partial charge in [-0.1, -0.05) is 41.0 Å². The maximum Gasteiger partial charge on any atom is 0.322 e. The topological polar surface area (TPSA) is 159 Å². The predicted molar refractivity (Wildman–Crippen MR) is 107 cm³/mol. The summed E-state index contributed by atoms with van der Waals surface area (Å²) in [6, 6.07) is -0.847. The number of hydrogen-bond donors (Lipinski definition) is 4. The fraction of sp³-hybridized carbons (Fsp3) is 0.765. The van der Waals surface area contributed by atoms with Crippen molar-refractivity contribution in [3.05, 3.63) is 0 Å². The number of carboxylic acid groups (broad SMARTS) is 1. The number of carbonyl (C=O) groups is 4. The second kappa shape index (κ2) is 17.0. The Bertz CT molecular complexity index is 590. The summed E-state index contributed by atoms with van der Waals surface area (Å²) in [6.45, 7) is 9.82. The van der Waals surface area contributed by atoms with Crippen LogP contribution in [0.2, 0.25) is 0 Å². The predicted octanol–water partition coefficient (Wildman–Crippen LogP) is -0.0687. The zero-order chi connectivity index (χ0) is 22.9. The van der Waals surface area contributed by atoms with Crippen LogP contribution in [-0.4, -0.2) is 68.4 Å². The molecule has 0 saturated carbocycles. The lowest BCUT2D eigenvalue weighted by atomic mass is 10.0. The summed E-state index contributed by atoms with van der Waals surface area (Å²) >= 11 is 0. The highest BCUT2D eigenvalue weighted by molar-refractivity contribution is 7.90. The standard InChI is InChI=1S/C11H19N3O5.C3H8O2S.C3H8/c1-6(2)10(11(19)13-5-9(17)18)14-8(16)4-12-7(3)15;1-3-6(2,4)5;1-3-2/h6,10H,4-5H2,1-3H3,(H,12,15)(H,13,19)(H,14,16)(H,17,18);3H2,1-2H3;3H2,1-2H3. The molecule has 0 aromatic heterocycles. The van der Waals surface area contributed by atoms with Crippen molar-refractivity contribution in [2.45, 2.75) is 54.0 Å².